The molecule has 0 fully saturated rings. The molecule has 0 unspecified atom stereocenters. The molecule has 0 heteroatoms. The lowest BCUT2D eigenvalue weighted by Gasteiger charge is -2.09. The van der Waals surface area contributed by atoms with Crippen molar-refractivity contribution in [1.82, 2.24) is 0 Å². The lowest BCUT2D eigenvalue weighted by Crippen LogP contribution is -1.86. The van der Waals surface area contributed by atoms with Crippen LogP contribution in [0.2, 0.25) is 0 Å². The molecule has 24 heavy (non-hydrogen) atoms. The zero-order valence-electron chi connectivity index (χ0n) is 14.4. The Labute approximate surface area is 142 Å². The molecular weight excluding hydrogens is 288 g/mol. The summed E-state index contributed by atoms with van der Waals surface area (Å²) in [5.41, 5.74) is 9.66. The Hall–Kier alpha value is -2.60. The molecule has 0 spiro atoms. The van der Waals surface area contributed by atoms with Gasteiger partial charge in [0.1, 0.15) is 0 Å². The van der Waals surface area contributed by atoms with Gasteiger partial charge in [-0.2, -0.15) is 0 Å². The summed E-state index contributed by atoms with van der Waals surface area (Å²) >= 11 is 0. The van der Waals surface area contributed by atoms with Crippen molar-refractivity contribution < 1.29 is 0 Å². The average molecular weight is 308 g/mol. The van der Waals surface area contributed by atoms with Gasteiger partial charge in [-0.15, -0.1) is 0 Å². The molecule has 4 aromatic rings. The second-order valence-electron chi connectivity index (χ2n) is 7.37. The van der Waals surface area contributed by atoms with Crippen molar-refractivity contribution >= 4 is 21.5 Å². The fourth-order valence-corrected chi connectivity index (χ4v) is 4.46. The smallest absolute Gasteiger partial charge is 0.00127 e. The first kappa shape index (κ1) is 13.8. The van der Waals surface area contributed by atoms with E-state index in [9.17, 15) is 0 Å². The molecule has 1 aliphatic rings. The second kappa shape index (κ2) is 4.70. The Morgan fingerprint density at radius 1 is 0.542 bits per heavy atom. The van der Waals surface area contributed by atoms with Crippen molar-refractivity contribution in [3.63, 3.8) is 0 Å². The molecular formula is C24H20. The van der Waals surface area contributed by atoms with E-state index in [0.717, 1.165) is 6.42 Å². The molecule has 0 amide bonds. The maximum atomic E-state index is 2.41. The normalized spacial score (nSPS) is 12.6. The lowest BCUT2D eigenvalue weighted by molar-refractivity contribution is 1.26. The van der Waals surface area contributed by atoms with E-state index in [0.29, 0.717) is 0 Å². The molecule has 0 N–H and O–H groups in total. The molecule has 0 saturated heterocycles. The van der Waals surface area contributed by atoms with Gasteiger partial charge in [-0.25, -0.2) is 0 Å². The zero-order chi connectivity index (χ0) is 16.4. The molecule has 0 bridgehead atoms. The maximum Gasteiger partial charge on any atom is -0.00127 e. The topological polar surface area (TPSA) is 0 Å². The Bertz CT molecular complexity index is 1130. The third kappa shape index (κ3) is 1.93. The van der Waals surface area contributed by atoms with Crippen LogP contribution in [0.3, 0.4) is 0 Å². The third-order valence-electron chi connectivity index (χ3n) is 5.27. The first-order valence-electron chi connectivity index (χ1n) is 8.66. The van der Waals surface area contributed by atoms with E-state index in [2.05, 4.69) is 75.4 Å². The van der Waals surface area contributed by atoms with E-state index in [1.165, 1.54) is 60.5 Å². The van der Waals surface area contributed by atoms with E-state index in [1.807, 2.05) is 0 Å². The molecule has 0 saturated carbocycles. The van der Waals surface area contributed by atoms with Gasteiger partial charge in [-0.1, -0.05) is 65.2 Å². The average Bonchev–Trinajstić information content (AvgIpc) is 2.89. The number of rotatable bonds is 1. The van der Waals surface area contributed by atoms with Crippen LogP contribution >= 0.6 is 0 Å². The summed E-state index contributed by atoms with van der Waals surface area (Å²) in [5.74, 6) is 0. The van der Waals surface area contributed by atoms with Crippen LogP contribution in [-0.4, -0.2) is 0 Å². The van der Waals surface area contributed by atoms with E-state index in [1.54, 1.807) is 0 Å². The number of aryl methyl sites for hydroxylation is 3. The highest BCUT2D eigenvalue weighted by Crippen LogP contribution is 2.41. The molecule has 5 rings (SSSR count). The van der Waals surface area contributed by atoms with Crippen LogP contribution in [-0.2, 0) is 6.42 Å². The van der Waals surface area contributed by atoms with E-state index >= 15 is 0 Å². The van der Waals surface area contributed by atoms with E-state index < -0.39 is 0 Å². The summed E-state index contributed by atoms with van der Waals surface area (Å²) in [5, 5.41) is 5.70. The minimum atomic E-state index is 1.06. The van der Waals surface area contributed by atoms with Gasteiger partial charge < -0.3 is 0 Å². The van der Waals surface area contributed by atoms with Gasteiger partial charge in [-0.05, 0) is 77.1 Å². The van der Waals surface area contributed by atoms with Gasteiger partial charge >= 0.3 is 0 Å². The number of hydrogen-bond acceptors (Lipinski definition) is 0. The van der Waals surface area contributed by atoms with Gasteiger partial charge in [0.15, 0.2) is 0 Å². The van der Waals surface area contributed by atoms with Crippen LogP contribution in [0, 0.1) is 20.8 Å². The number of benzene rings is 4. The molecule has 0 nitrogen and oxygen atoms in total. The van der Waals surface area contributed by atoms with Crippen LogP contribution in [0.25, 0.3) is 32.7 Å². The van der Waals surface area contributed by atoms with Gasteiger partial charge in [0.25, 0.3) is 0 Å². The molecule has 0 aliphatic heterocycles. The standard InChI is InChI=1S/C24H20/c1-14-6-15(2)9-19(8-14)20-11-18-5-4-17-7-16(3)10-21-13-22(12-20)24(18)23(17)21/h4-12H,13H2,1-3H3. The van der Waals surface area contributed by atoms with Gasteiger partial charge in [0.2, 0.25) is 0 Å². The summed E-state index contributed by atoms with van der Waals surface area (Å²) in [7, 11) is 0. The van der Waals surface area contributed by atoms with Crippen LogP contribution in [0.1, 0.15) is 27.8 Å². The number of hydrogen-bond donors (Lipinski definition) is 0. The van der Waals surface area contributed by atoms with Crippen LogP contribution < -0.4 is 0 Å². The van der Waals surface area contributed by atoms with Crippen molar-refractivity contribution in [3.05, 3.63) is 82.4 Å². The van der Waals surface area contributed by atoms with Gasteiger partial charge in [-0.3, -0.25) is 0 Å². The molecule has 1 aliphatic carbocycles. The Morgan fingerprint density at radius 2 is 1.08 bits per heavy atom. The van der Waals surface area contributed by atoms with Crippen molar-refractivity contribution in [2.24, 2.45) is 0 Å². The predicted octanol–water partition coefficient (Wildman–Crippen LogP) is 6.49. The molecule has 0 aromatic heterocycles. The highest BCUT2D eigenvalue weighted by molar-refractivity contribution is 6.14. The first-order chi connectivity index (χ1) is 11.6. The Kier molecular flexibility index (Phi) is 2.71. The largest absolute Gasteiger partial charge is 0.0563 e. The Morgan fingerprint density at radius 3 is 1.79 bits per heavy atom. The molecule has 0 radical (unpaired) electrons. The predicted molar refractivity (Wildman–Crippen MR) is 104 cm³/mol. The van der Waals surface area contributed by atoms with E-state index in [-0.39, 0.29) is 0 Å². The molecule has 116 valence electrons. The van der Waals surface area contributed by atoms with Crippen LogP contribution in [0.5, 0.6) is 0 Å². The van der Waals surface area contributed by atoms with Gasteiger partial charge in [0.05, 0.1) is 0 Å². The minimum absolute atomic E-state index is 1.06. The van der Waals surface area contributed by atoms with Crippen molar-refractivity contribution in [3.8, 4) is 11.1 Å². The summed E-state index contributed by atoms with van der Waals surface area (Å²) in [6.45, 7) is 6.56. The van der Waals surface area contributed by atoms with Crippen molar-refractivity contribution in [2.75, 3.05) is 0 Å². The Balaban J connectivity index is 1.81. The van der Waals surface area contributed by atoms with Gasteiger partial charge in [0, 0.05) is 0 Å². The summed E-state index contributed by atoms with van der Waals surface area (Å²) in [6, 6.07) is 20.9. The molecule has 0 heterocycles. The maximum absolute atomic E-state index is 2.41. The lowest BCUT2D eigenvalue weighted by atomic mass is 9.95. The monoisotopic (exact) mass is 308 g/mol. The summed E-state index contributed by atoms with van der Waals surface area (Å²) in [4.78, 5) is 0. The van der Waals surface area contributed by atoms with E-state index in [4.69, 9.17) is 0 Å². The van der Waals surface area contributed by atoms with Crippen molar-refractivity contribution in [1.29, 1.82) is 0 Å². The first-order valence-corrected chi connectivity index (χ1v) is 8.66. The highest BCUT2D eigenvalue weighted by Gasteiger charge is 2.18. The van der Waals surface area contributed by atoms with Crippen molar-refractivity contribution in [2.45, 2.75) is 27.2 Å². The quantitative estimate of drug-likeness (QED) is 0.310. The van der Waals surface area contributed by atoms with Crippen LogP contribution in [0.4, 0.5) is 0 Å². The minimum Gasteiger partial charge on any atom is -0.0563 e. The highest BCUT2D eigenvalue weighted by atomic mass is 14.2. The zero-order valence-corrected chi connectivity index (χ0v) is 14.4. The van der Waals surface area contributed by atoms with Crippen LogP contribution in [0.15, 0.2) is 54.6 Å². The summed E-state index contributed by atoms with van der Waals surface area (Å²) in [6.07, 6.45) is 1.06. The third-order valence-corrected chi connectivity index (χ3v) is 5.27. The SMILES string of the molecule is Cc1cc(C)cc(-c2cc3c4c(ccc5cc(C)cc(c54)C3)c2)c1. The fourth-order valence-electron chi connectivity index (χ4n) is 4.46. The second-order valence-corrected chi connectivity index (χ2v) is 7.37. The molecule has 0 atom stereocenters. The molecule has 4 aromatic carbocycles. The fraction of sp³-hybridized carbons (Fsp3) is 0.167. The summed E-state index contributed by atoms with van der Waals surface area (Å²) < 4.78 is 0.